The van der Waals surface area contributed by atoms with Crippen molar-refractivity contribution in [2.75, 3.05) is 7.05 Å². The molecule has 0 spiro atoms. The molecule has 5 nitrogen and oxygen atoms in total. The monoisotopic (exact) mass is 363 g/mol. The Morgan fingerprint density at radius 1 is 1.04 bits per heavy atom. The van der Waals surface area contributed by atoms with Crippen molar-refractivity contribution in [3.63, 3.8) is 0 Å². The van der Waals surface area contributed by atoms with Gasteiger partial charge < -0.3 is 14.8 Å². The van der Waals surface area contributed by atoms with E-state index < -0.39 is 0 Å². The van der Waals surface area contributed by atoms with Gasteiger partial charge in [0.1, 0.15) is 5.82 Å². The summed E-state index contributed by atoms with van der Waals surface area (Å²) in [6.45, 7) is 4.25. The van der Waals surface area contributed by atoms with Crippen molar-refractivity contribution < 1.29 is 0 Å². The van der Waals surface area contributed by atoms with Crippen molar-refractivity contribution in [3.05, 3.63) is 77.5 Å². The van der Waals surface area contributed by atoms with E-state index in [0.29, 0.717) is 0 Å². The molecule has 1 saturated heterocycles. The predicted molar refractivity (Wildman–Crippen MR) is 106 cm³/mol. The molecule has 0 amide bonds. The van der Waals surface area contributed by atoms with Crippen molar-refractivity contribution in [2.24, 2.45) is 0 Å². The third kappa shape index (κ3) is 2.66. The van der Waals surface area contributed by atoms with Crippen LogP contribution in [-0.2, 0) is 0 Å². The van der Waals surface area contributed by atoms with Crippen molar-refractivity contribution in [2.45, 2.75) is 25.9 Å². The number of likely N-dealkylation sites (N-methyl/N-ethyl adjacent to an activating group) is 1. The van der Waals surface area contributed by atoms with Crippen LogP contribution in [-0.4, -0.2) is 31.6 Å². The van der Waals surface area contributed by atoms with E-state index in [1.165, 1.54) is 11.3 Å². The van der Waals surface area contributed by atoms with Gasteiger partial charge in [0.25, 0.3) is 0 Å². The minimum absolute atomic E-state index is 0.0198. The minimum atomic E-state index is 0.0198. The highest BCUT2D eigenvalue weighted by molar-refractivity contribution is 7.80. The molecule has 1 aliphatic rings. The summed E-state index contributed by atoms with van der Waals surface area (Å²) in [6.07, 6.45) is 3.65. The Kier molecular flexibility index (Phi) is 4.20. The van der Waals surface area contributed by atoms with E-state index >= 15 is 0 Å². The fourth-order valence-corrected chi connectivity index (χ4v) is 4.01. The minimum Gasteiger partial charge on any atom is -0.352 e. The largest absolute Gasteiger partial charge is 0.352 e. The average Bonchev–Trinajstić information content (AvgIpc) is 3.12. The van der Waals surface area contributed by atoms with Crippen LogP contribution in [0.1, 0.15) is 34.7 Å². The Morgan fingerprint density at radius 2 is 1.77 bits per heavy atom. The lowest BCUT2D eigenvalue weighted by Crippen LogP contribution is -2.25. The molecule has 3 aromatic rings. The maximum atomic E-state index is 5.54. The van der Waals surface area contributed by atoms with Crippen molar-refractivity contribution in [1.29, 1.82) is 0 Å². The molecular formula is C20H21N5S. The van der Waals surface area contributed by atoms with Gasteiger partial charge in [-0.1, -0.05) is 12.1 Å². The summed E-state index contributed by atoms with van der Waals surface area (Å²) < 4.78 is 2.19. The van der Waals surface area contributed by atoms with Gasteiger partial charge in [-0.3, -0.25) is 4.98 Å². The van der Waals surface area contributed by atoms with E-state index in [1.54, 1.807) is 0 Å². The molecule has 3 aromatic heterocycles. The molecule has 1 aliphatic heterocycles. The van der Waals surface area contributed by atoms with Crippen molar-refractivity contribution in [3.8, 4) is 5.82 Å². The molecule has 0 radical (unpaired) electrons. The molecule has 1 N–H and O–H groups in total. The Hall–Kier alpha value is -2.73. The summed E-state index contributed by atoms with van der Waals surface area (Å²) in [5, 5.41) is 4.18. The van der Waals surface area contributed by atoms with Crippen LogP contribution in [0.15, 0.2) is 54.9 Å². The zero-order valence-corrected chi connectivity index (χ0v) is 15.9. The number of aromatic nitrogens is 3. The van der Waals surface area contributed by atoms with Crippen LogP contribution in [0.2, 0.25) is 0 Å². The molecule has 4 rings (SSSR count). The standard InChI is InChI=1S/C20H21N5S/c1-13-12-15(14(2)25(13)17-9-5-7-11-22-17)19-18(23-20(26)24(19)3)16-8-4-6-10-21-16/h4-12,18-19H,1-3H3,(H,23,26)/t18-,19-/m0/s1. The molecule has 26 heavy (non-hydrogen) atoms. The van der Waals surface area contributed by atoms with E-state index in [-0.39, 0.29) is 12.1 Å². The topological polar surface area (TPSA) is 46.0 Å². The maximum absolute atomic E-state index is 5.54. The van der Waals surface area contributed by atoms with Gasteiger partial charge in [0, 0.05) is 30.8 Å². The van der Waals surface area contributed by atoms with Crippen LogP contribution >= 0.6 is 12.2 Å². The molecule has 4 heterocycles. The first-order chi connectivity index (χ1) is 12.6. The van der Waals surface area contributed by atoms with Crippen LogP contribution in [0.25, 0.3) is 5.82 Å². The molecule has 0 bridgehead atoms. The SMILES string of the molecule is Cc1cc([C@H]2[C@H](c3ccccn3)NC(=S)N2C)c(C)n1-c1ccccn1. The number of nitrogens with zero attached hydrogens (tertiary/aromatic N) is 4. The first-order valence-electron chi connectivity index (χ1n) is 8.62. The fourth-order valence-electron chi connectivity index (χ4n) is 3.77. The molecule has 132 valence electrons. The molecular weight excluding hydrogens is 342 g/mol. The average molecular weight is 363 g/mol. The first kappa shape index (κ1) is 16.7. The van der Waals surface area contributed by atoms with Gasteiger partial charge in [-0.25, -0.2) is 4.98 Å². The number of thiocarbonyl (C=S) groups is 1. The predicted octanol–water partition coefficient (Wildman–Crippen LogP) is 3.49. The van der Waals surface area contributed by atoms with Gasteiger partial charge in [0.2, 0.25) is 0 Å². The smallest absolute Gasteiger partial charge is 0.169 e. The van der Waals surface area contributed by atoms with E-state index in [0.717, 1.165) is 22.3 Å². The highest BCUT2D eigenvalue weighted by Crippen LogP contribution is 2.40. The number of pyridine rings is 2. The van der Waals surface area contributed by atoms with Crippen LogP contribution in [0, 0.1) is 13.8 Å². The van der Waals surface area contributed by atoms with E-state index in [4.69, 9.17) is 12.2 Å². The quantitative estimate of drug-likeness (QED) is 0.722. The van der Waals surface area contributed by atoms with E-state index in [2.05, 4.69) is 44.7 Å². The van der Waals surface area contributed by atoms with Gasteiger partial charge in [0.05, 0.1) is 17.8 Å². The van der Waals surface area contributed by atoms with Crippen LogP contribution in [0.5, 0.6) is 0 Å². The van der Waals surface area contributed by atoms with E-state index in [9.17, 15) is 0 Å². The lowest BCUT2D eigenvalue weighted by molar-refractivity contribution is 0.367. The molecule has 6 heteroatoms. The van der Waals surface area contributed by atoms with Gasteiger partial charge in [-0.15, -0.1) is 0 Å². The normalized spacial score (nSPS) is 19.7. The highest BCUT2D eigenvalue weighted by atomic mass is 32.1. The first-order valence-corrected chi connectivity index (χ1v) is 9.03. The van der Waals surface area contributed by atoms with Gasteiger partial charge in [-0.05, 0) is 62.0 Å². The molecule has 0 unspecified atom stereocenters. The van der Waals surface area contributed by atoms with E-state index in [1.807, 2.05) is 55.8 Å². The number of hydrogen-bond acceptors (Lipinski definition) is 3. The highest BCUT2D eigenvalue weighted by Gasteiger charge is 2.39. The second-order valence-corrected chi connectivity index (χ2v) is 6.97. The van der Waals surface area contributed by atoms with Crippen molar-refractivity contribution in [1.82, 2.24) is 24.8 Å². The van der Waals surface area contributed by atoms with Gasteiger partial charge in [-0.2, -0.15) is 0 Å². The Labute approximate surface area is 158 Å². The van der Waals surface area contributed by atoms with Gasteiger partial charge in [0.15, 0.2) is 5.11 Å². The summed E-state index contributed by atoms with van der Waals surface area (Å²) >= 11 is 5.54. The van der Waals surface area contributed by atoms with Crippen LogP contribution in [0.4, 0.5) is 0 Å². The van der Waals surface area contributed by atoms with Gasteiger partial charge >= 0.3 is 0 Å². The summed E-state index contributed by atoms with van der Waals surface area (Å²) in [5.41, 5.74) is 4.55. The zero-order chi connectivity index (χ0) is 18.3. The summed E-state index contributed by atoms with van der Waals surface area (Å²) in [6, 6.07) is 14.3. The van der Waals surface area contributed by atoms with Crippen molar-refractivity contribution >= 4 is 17.3 Å². The third-order valence-corrected chi connectivity index (χ3v) is 5.41. The zero-order valence-electron chi connectivity index (χ0n) is 15.0. The molecule has 0 saturated carbocycles. The van der Waals surface area contributed by atoms with Crippen LogP contribution < -0.4 is 5.32 Å². The second-order valence-electron chi connectivity index (χ2n) is 6.59. The third-order valence-electron chi connectivity index (χ3n) is 5.01. The maximum Gasteiger partial charge on any atom is 0.169 e. The Balaban J connectivity index is 1.82. The lowest BCUT2D eigenvalue weighted by atomic mass is 9.97. The number of hydrogen-bond donors (Lipinski definition) is 1. The summed E-state index contributed by atoms with van der Waals surface area (Å²) in [4.78, 5) is 11.2. The fraction of sp³-hybridized carbons (Fsp3) is 0.250. The molecule has 1 fully saturated rings. The second kappa shape index (κ2) is 6.53. The Bertz CT molecular complexity index is 936. The Morgan fingerprint density at radius 3 is 2.42 bits per heavy atom. The molecule has 2 atom stereocenters. The molecule has 0 aliphatic carbocycles. The summed E-state index contributed by atoms with van der Waals surface area (Å²) in [5.74, 6) is 0.930. The summed E-state index contributed by atoms with van der Waals surface area (Å²) in [7, 11) is 2.04. The number of nitrogens with one attached hydrogen (secondary N) is 1. The van der Waals surface area contributed by atoms with Crippen LogP contribution in [0.3, 0.4) is 0 Å². The molecule has 0 aromatic carbocycles. The number of rotatable bonds is 3. The lowest BCUT2D eigenvalue weighted by Gasteiger charge is -2.24. The number of aryl methyl sites for hydroxylation is 1.